The van der Waals surface area contributed by atoms with Crippen LogP contribution in [-0.4, -0.2) is 44.9 Å². The molecule has 178 valence electrons. The fourth-order valence-corrected chi connectivity index (χ4v) is 3.56. The third kappa shape index (κ3) is 8.16. The van der Waals surface area contributed by atoms with E-state index in [2.05, 4.69) is 10.6 Å². The molecule has 0 aromatic heterocycles. The molecule has 2 rings (SSSR count). The summed E-state index contributed by atoms with van der Waals surface area (Å²) in [6.45, 7) is 2.06. The van der Waals surface area contributed by atoms with Crippen LogP contribution in [-0.2, 0) is 30.8 Å². The average Bonchev–Trinajstić information content (AvgIpc) is 2.76. The van der Waals surface area contributed by atoms with E-state index in [1.807, 2.05) is 30.3 Å². The van der Waals surface area contributed by atoms with Crippen LogP contribution < -0.4 is 15.8 Å². The Morgan fingerprint density at radius 2 is 1.88 bits per heavy atom. The minimum absolute atomic E-state index is 0.0328. The molecule has 2 aromatic carbocycles. The second kappa shape index (κ2) is 11.9. The summed E-state index contributed by atoms with van der Waals surface area (Å²) in [4.78, 5) is 34.6. The molecular formula is C21H26N4O7S. The number of nitrogens with zero attached hydrogens (tertiary/aromatic N) is 1. The number of primary sulfonamides is 1. The molecule has 0 saturated heterocycles. The maximum atomic E-state index is 12.3. The third-order valence-electron chi connectivity index (χ3n) is 4.65. The Labute approximate surface area is 191 Å². The van der Waals surface area contributed by atoms with E-state index in [1.165, 1.54) is 6.07 Å². The number of carbonyl (C=O) groups excluding carboxylic acids is 2. The Balaban J connectivity index is 1.93. The lowest BCUT2D eigenvalue weighted by atomic mass is 9.99. The molecule has 0 saturated carbocycles. The Kier molecular flexibility index (Phi) is 9.30. The molecule has 11 nitrogen and oxygen atoms in total. The summed E-state index contributed by atoms with van der Waals surface area (Å²) in [5.74, 6) is -1.34. The van der Waals surface area contributed by atoms with Crippen LogP contribution in [0, 0.1) is 16.0 Å². The summed E-state index contributed by atoms with van der Waals surface area (Å²) < 4.78 is 27.9. The standard InChI is InChI=1S/C21H26N4O7S/c1-2-32-21(27)16(12-15-6-4-3-5-7-15)14-24-20(26)10-11-23-18-9-8-17(33(22,30)31)13-19(18)25(28)29/h3-9,13,16,23H,2,10-12,14H2,1H3,(H,24,26)(H2,22,30,31). The highest BCUT2D eigenvalue weighted by Crippen LogP contribution is 2.27. The van der Waals surface area contributed by atoms with E-state index in [0.29, 0.717) is 6.42 Å². The first-order chi connectivity index (χ1) is 15.6. The molecular weight excluding hydrogens is 452 g/mol. The highest BCUT2D eigenvalue weighted by atomic mass is 32.2. The normalized spacial score (nSPS) is 11.9. The van der Waals surface area contributed by atoms with Gasteiger partial charge in [0.25, 0.3) is 5.69 Å². The van der Waals surface area contributed by atoms with Crippen molar-refractivity contribution in [3.63, 3.8) is 0 Å². The maximum Gasteiger partial charge on any atom is 0.311 e. The number of esters is 1. The molecule has 0 aliphatic rings. The van der Waals surface area contributed by atoms with Gasteiger partial charge < -0.3 is 15.4 Å². The van der Waals surface area contributed by atoms with E-state index in [0.717, 1.165) is 17.7 Å². The second-order valence-electron chi connectivity index (χ2n) is 7.10. The minimum atomic E-state index is -4.09. The van der Waals surface area contributed by atoms with Crippen molar-refractivity contribution >= 4 is 33.3 Å². The molecule has 1 atom stereocenters. The van der Waals surface area contributed by atoms with Crippen LogP contribution in [0.3, 0.4) is 0 Å². The van der Waals surface area contributed by atoms with Crippen LogP contribution in [0.2, 0.25) is 0 Å². The number of carbonyl (C=O) groups is 2. The smallest absolute Gasteiger partial charge is 0.311 e. The first-order valence-corrected chi connectivity index (χ1v) is 11.7. The van der Waals surface area contributed by atoms with Gasteiger partial charge in [-0.1, -0.05) is 30.3 Å². The van der Waals surface area contributed by atoms with Gasteiger partial charge in [-0.15, -0.1) is 0 Å². The molecule has 0 aliphatic heterocycles. The third-order valence-corrected chi connectivity index (χ3v) is 5.56. The summed E-state index contributed by atoms with van der Waals surface area (Å²) in [6.07, 6.45) is 0.371. The van der Waals surface area contributed by atoms with Gasteiger partial charge >= 0.3 is 5.97 Å². The lowest BCUT2D eigenvalue weighted by molar-refractivity contribution is -0.384. The predicted molar refractivity (Wildman–Crippen MR) is 121 cm³/mol. The quantitative estimate of drug-likeness (QED) is 0.234. The van der Waals surface area contributed by atoms with Gasteiger partial charge in [0.1, 0.15) is 5.69 Å². The van der Waals surface area contributed by atoms with Gasteiger partial charge in [-0.25, -0.2) is 13.6 Å². The van der Waals surface area contributed by atoms with Crippen LogP contribution >= 0.6 is 0 Å². The predicted octanol–water partition coefficient (Wildman–Crippen LogP) is 1.58. The van der Waals surface area contributed by atoms with Crippen molar-refractivity contribution in [2.24, 2.45) is 11.1 Å². The number of anilines is 1. The van der Waals surface area contributed by atoms with Gasteiger partial charge in [0, 0.05) is 25.6 Å². The zero-order valence-corrected chi connectivity index (χ0v) is 18.8. The van der Waals surface area contributed by atoms with Crippen molar-refractivity contribution in [3.05, 3.63) is 64.2 Å². The van der Waals surface area contributed by atoms with E-state index in [-0.39, 0.29) is 42.6 Å². The van der Waals surface area contributed by atoms with Crippen molar-refractivity contribution in [3.8, 4) is 0 Å². The SMILES string of the molecule is CCOC(=O)C(CNC(=O)CCNc1ccc(S(N)(=O)=O)cc1[N+](=O)[O-])Cc1ccccc1. The molecule has 0 spiro atoms. The number of nitro benzene ring substituents is 1. The van der Waals surface area contributed by atoms with Gasteiger partial charge in [0.05, 0.1) is 22.3 Å². The van der Waals surface area contributed by atoms with Gasteiger partial charge in [-0.3, -0.25) is 19.7 Å². The molecule has 1 unspecified atom stereocenters. The maximum absolute atomic E-state index is 12.3. The second-order valence-corrected chi connectivity index (χ2v) is 8.66. The molecule has 2 aromatic rings. The van der Waals surface area contributed by atoms with Gasteiger partial charge in [0.2, 0.25) is 15.9 Å². The van der Waals surface area contributed by atoms with Crippen molar-refractivity contribution in [2.75, 3.05) is 25.0 Å². The van der Waals surface area contributed by atoms with Crippen LogP contribution in [0.4, 0.5) is 11.4 Å². The summed E-state index contributed by atoms with van der Waals surface area (Å²) in [5.41, 5.74) is 0.502. The van der Waals surface area contributed by atoms with E-state index in [9.17, 15) is 28.1 Å². The number of nitro groups is 1. The first-order valence-electron chi connectivity index (χ1n) is 10.1. The molecule has 0 radical (unpaired) electrons. The number of rotatable bonds is 12. The van der Waals surface area contributed by atoms with Crippen molar-refractivity contribution in [1.29, 1.82) is 0 Å². The molecule has 1 amide bonds. The summed E-state index contributed by atoms with van der Waals surface area (Å²) in [6, 6.07) is 12.5. The Morgan fingerprint density at radius 1 is 1.18 bits per heavy atom. The number of hydrogen-bond acceptors (Lipinski definition) is 8. The van der Waals surface area contributed by atoms with Gasteiger partial charge in [-0.05, 0) is 31.0 Å². The van der Waals surface area contributed by atoms with E-state index in [1.54, 1.807) is 6.92 Å². The number of amides is 1. The minimum Gasteiger partial charge on any atom is -0.466 e. The van der Waals surface area contributed by atoms with E-state index in [4.69, 9.17) is 9.88 Å². The zero-order chi connectivity index (χ0) is 24.4. The molecule has 0 bridgehead atoms. The Morgan fingerprint density at radius 3 is 2.48 bits per heavy atom. The number of hydrogen-bond donors (Lipinski definition) is 3. The molecule has 0 aliphatic carbocycles. The van der Waals surface area contributed by atoms with Crippen molar-refractivity contribution < 1.29 is 27.7 Å². The molecule has 0 heterocycles. The number of sulfonamides is 1. The molecule has 4 N–H and O–H groups in total. The Hall–Kier alpha value is -3.51. The highest BCUT2D eigenvalue weighted by molar-refractivity contribution is 7.89. The van der Waals surface area contributed by atoms with Crippen LogP contribution in [0.1, 0.15) is 18.9 Å². The van der Waals surface area contributed by atoms with Crippen LogP contribution in [0.15, 0.2) is 53.4 Å². The largest absolute Gasteiger partial charge is 0.466 e. The van der Waals surface area contributed by atoms with Gasteiger partial charge in [-0.2, -0.15) is 0 Å². The van der Waals surface area contributed by atoms with Crippen LogP contribution in [0.25, 0.3) is 0 Å². The molecule has 12 heteroatoms. The lowest BCUT2D eigenvalue weighted by Crippen LogP contribution is -2.35. The summed E-state index contributed by atoms with van der Waals surface area (Å²) in [7, 11) is -4.09. The monoisotopic (exact) mass is 478 g/mol. The summed E-state index contributed by atoms with van der Waals surface area (Å²) in [5, 5.41) is 21.7. The fraction of sp³-hybridized carbons (Fsp3) is 0.333. The van der Waals surface area contributed by atoms with E-state index < -0.39 is 32.5 Å². The number of ether oxygens (including phenoxy) is 1. The number of nitrogens with two attached hydrogens (primary N) is 1. The topological polar surface area (TPSA) is 171 Å². The first kappa shape index (κ1) is 25.7. The zero-order valence-electron chi connectivity index (χ0n) is 18.0. The number of nitrogens with one attached hydrogen (secondary N) is 2. The van der Waals surface area contributed by atoms with Crippen molar-refractivity contribution in [2.45, 2.75) is 24.7 Å². The van der Waals surface area contributed by atoms with Crippen molar-refractivity contribution in [1.82, 2.24) is 5.32 Å². The Bertz CT molecular complexity index is 1090. The fourth-order valence-electron chi connectivity index (χ4n) is 3.02. The highest BCUT2D eigenvalue weighted by Gasteiger charge is 2.22. The average molecular weight is 479 g/mol. The lowest BCUT2D eigenvalue weighted by Gasteiger charge is -2.16. The number of benzene rings is 2. The summed E-state index contributed by atoms with van der Waals surface area (Å²) >= 11 is 0. The van der Waals surface area contributed by atoms with Gasteiger partial charge in [0.15, 0.2) is 0 Å². The van der Waals surface area contributed by atoms with E-state index >= 15 is 0 Å². The molecule has 0 fully saturated rings. The molecule has 33 heavy (non-hydrogen) atoms. The van der Waals surface area contributed by atoms with Crippen LogP contribution in [0.5, 0.6) is 0 Å².